The van der Waals surface area contributed by atoms with Crippen molar-refractivity contribution in [3.63, 3.8) is 0 Å². The Morgan fingerprint density at radius 1 is 1.15 bits per heavy atom. The molecule has 4 heterocycles. The number of aromatic nitrogens is 7. The standard InChI is InChI=1S/C23H25FN8O/c1-30-14-18(13-26-30)16-2-3-17-12-25-23(27-20(17)10-16)11-22(33)21-15-32(29-28-21)19-4-7-31(8-5-19)9-6-24/h2-3,10,12-15,19H,4-9,11H2,1H3. The van der Waals surface area contributed by atoms with Crippen molar-refractivity contribution < 1.29 is 9.18 Å². The quantitative estimate of drug-likeness (QED) is 0.401. The number of nitrogens with zero attached hydrogens (tertiary/aromatic N) is 8. The average molecular weight is 449 g/mol. The fourth-order valence-corrected chi connectivity index (χ4v) is 4.24. The Kier molecular flexibility index (Phi) is 5.91. The van der Waals surface area contributed by atoms with E-state index < -0.39 is 0 Å². The van der Waals surface area contributed by atoms with Gasteiger partial charge in [0.05, 0.1) is 30.4 Å². The first-order valence-corrected chi connectivity index (χ1v) is 11.1. The molecule has 1 aliphatic rings. The molecule has 0 amide bonds. The summed E-state index contributed by atoms with van der Waals surface area (Å²) in [6, 6.07) is 6.13. The molecule has 3 aromatic heterocycles. The lowest BCUT2D eigenvalue weighted by Gasteiger charge is -2.30. The molecule has 0 N–H and O–H groups in total. The third-order valence-corrected chi connectivity index (χ3v) is 6.12. The fourth-order valence-electron chi connectivity index (χ4n) is 4.24. The topological polar surface area (TPSA) is 94.6 Å². The van der Waals surface area contributed by atoms with Crippen molar-refractivity contribution in [3.05, 3.63) is 54.5 Å². The molecule has 4 aromatic rings. The number of fused-ring (bicyclic) bond motifs is 1. The first-order chi connectivity index (χ1) is 16.1. The van der Waals surface area contributed by atoms with Crippen LogP contribution in [0.1, 0.15) is 35.2 Å². The van der Waals surface area contributed by atoms with Gasteiger partial charge >= 0.3 is 0 Å². The zero-order valence-electron chi connectivity index (χ0n) is 18.4. The number of carbonyl (C=O) groups excluding carboxylic acids is 1. The van der Waals surface area contributed by atoms with E-state index in [1.807, 2.05) is 31.4 Å². The Balaban J connectivity index is 1.28. The first-order valence-electron chi connectivity index (χ1n) is 11.1. The second kappa shape index (κ2) is 9.14. The van der Waals surface area contributed by atoms with Crippen LogP contribution in [0.15, 0.2) is 43.0 Å². The monoisotopic (exact) mass is 448 g/mol. The lowest BCUT2D eigenvalue weighted by molar-refractivity contribution is 0.0986. The molecular formula is C23H25FN8O. The summed E-state index contributed by atoms with van der Waals surface area (Å²) >= 11 is 0. The number of hydrogen-bond acceptors (Lipinski definition) is 7. The van der Waals surface area contributed by atoms with Crippen molar-refractivity contribution in [1.29, 1.82) is 0 Å². The molecule has 0 bridgehead atoms. The van der Waals surface area contributed by atoms with Crippen LogP contribution in [0.4, 0.5) is 4.39 Å². The van der Waals surface area contributed by atoms with E-state index in [1.165, 1.54) is 0 Å². The molecule has 1 aliphatic heterocycles. The maximum atomic E-state index is 12.8. The molecule has 0 aliphatic carbocycles. The molecule has 33 heavy (non-hydrogen) atoms. The number of piperidine rings is 1. The van der Waals surface area contributed by atoms with Gasteiger partial charge < -0.3 is 4.90 Å². The summed E-state index contributed by atoms with van der Waals surface area (Å²) < 4.78 is 16.1. The molecule has 170 valence electrons. The summed E-state index contributed by atoms with van der Waals surface area (Å²) in [4.78, 5) is 23.9. The van der Waals surface area contributed by atoms with Crippen molar-refractivity contribution >= 4 is 16.7 Å². The van der Waals surface area contributed by atoms with Gasteiger partial charge in [0, 0.05) is 50.0 Å². The highest BCUT2D eigenvalue weighted by molar-refractivity contribution is 5.95. The number of rotatable bonds is 7. The Hall–Kier alpha value is -3.53. The highest BCUT2D eigenvalue weighted by Crippen LogP contribution is 2.24. The number of carbonyl (C=O) groups is 1. The second-order valence-electron chi connectivity index (χ2n) is 8.41. The van der Waals surface area contributed by atoms with Crippen LogP contribution in [-0.4, -0.2) is 71.7 Å². The van der Waals surface area contributed by atoms with Gasteiger partial charge in [-0.1, -0.05) is 17.3 Å². The molecule has 5 rings (SSSR count). The van der Waals surface area contributed by atoms with Gasteiger partial charge in [-0.2, -0.15) is 5.10 Å². The maximum Gasteiger partial charge on any atom is 0.192 e. The Morgan fingerprint density at radius 3 is 2.76 bits per heavy atom. The van der Waals surface area contributed by atoms with Gasteiger partial charge in [-0.25, -0.2) is 19.0 Å². The van der Waals surface area contributed by atoms with Crippen LogP contribution >= 0.6 is 0 Å². The summed E-state index contributed by atoms with van der Waals surface area (Å²) in [5.74, 6) is 0.281. The summed E-state index contributed by atoms with van der Waals surface area (Å²) in [7, 11) is 1.88. The van der Waals surface area contributed by atoms with Gasteiger partial charge in [0.2, 0.25) is 0 Å². The summed E-state index contributed by atoms with van der Waals surface area (Å²) in [5, 5.41) is 13.4. The predicted molar refractivity (Wildman–Crippen MR) is 120 cm³/mol. The van der Waals surface area contributed by atoms with Crippen LogP contribution < -0.4 is 0 Å². The van der Waals surface area contributed by atoms with Crippen molar-refractivity contribution in [2.24, 2.45) is 7.05 Å². The third kappa shape index (κ3) is 4.65. The minimum Gasteiger partial charge on any atom is -0.301 e. The van der Waals surface area contributed by atoms with Crippen molar-refractivity contribution in [3.8, 4) is 11.1 Å². The van der Waals surface area contributed by atoms with Gasteiger partial charge in [-0.3, -0.25) is 9.48 Å². The van der Waals surface area contributed by atoms with E-state index in [4.69, 9.17) is 0 Å². The highest BCUT2D eigenvalue weighted by atomic mass is 19.1. The number of alkyl halides is 1. The number of halogens is 1. The van der Waals surface area contributed by atoms with Gasteiger partial charge in [0.25, 0.3) is 0 Å². The van der Waals surface area contributed by atoms with E-state index in [1.54, 1.807) is 28.0 Å². The second-order valence-corrected chi connectivity index (χ2v) is 8.41. The molecule has 0 saturated carbocycles. The smallest absolute Gasteiger partial charge is 0.192 e. The number of hydrogen-bond donors (Lipinski definition) is 0. The van der Waals surface area contributed by atoms with Crippen molar-refractivity contribution in [2.45, 2.75) is 25.3 Å². The molecule has 1 saturated heterocycles. The lowest BCUT2D eigenvalue weighted by Crippen LogP contribution is -2.36. The molecule has 1 aromatic carbocycles. The maximum absolute atomic E-state index is 12.8. The van der Waals surface area contributed by atoms with Gasteiger partial charge in [-0.05, 0) is 24.5 Å². The van der Waals surface area contributed by atoms with Crippen LogP contribution in [0.2, 0.25) is 0 Å². The van der Waals surface area contributed by atoms with Gasteiger partial charge in [-0.15, -0.1) is 5.10 Å². The van der Waals surface area contributed by atoms with E-state index in [0.717, 1.165) is 48.0 Å². The average Bonchev–Trinajstić information content (AvgIpc) is 3.49. The van der Waals surface area contributed by atoms with E-state index in [9.17, 15) is 9.18 Å². The van der Waals surface area contributed by atoms with Crippen LogP contribution in [-0.2, 0) is 13.5 Å². The third-order valence-electron chi connectivity index (χ3n) is 6.12. The largest absolute Gasteiger partial charge is 0.301 e. The van der Waals surface area contributed by atoms with Crippen molar-refractivity contribution in [2.75, 3.05) is 26.3 Å². The SMILES string of the molecule is Cn1cc(-c2ccc3cnc(CC(=O)c4cn(C5CCN(CCF)CC5)nn4)nc3c2)cn1. The van der Waals surface area contributed by atoms with E-state index in [0.29, 0.717) is 18.1 Å². The fraction of sp³-hybridized carbons (Fsp3) is 0.391. The predicted octanol–water partition coefficient (Wildman–Crippen LogP) is 2.65. The molecule has 9 nitrogen and oxygen atoms in total. The normalized spacial score (nSPS) is 15.3. The first kappa shape index (κ1) is 21.3. The minimum atomic E-state index is -0.325. The Morgan fingerprint density at radius 2 is 2.00 bits per heavy atom. The van der Waals surface area contributed by atoms with E-state index >= 15 is 0 Å². The number of benzene rings is 1. The Labute approximate surface area is 190 Å². The zero-order valence-corrected chi connectivity index (χ0v) is 18.4. The number of aryl methyl sites for hydroxylation is 1. The van der Waals surface area contributed by atoms with Crippen LogP contribution in [0.3, 0.4) is 0 Å². The molecule has 0 atom stereocenters. The van der Waals surface area contributed by atoms with Crippen LogP contribution in [0, 0.1) is 0 Å². The van der Waals surface area contributed by atoms with Gasteiger partial charge in [0.15, 0.2) is 5.78 Å². The summed E-state index contributed by atoms with van der Waals surface area (Å²) in [6.45, 7) is 1.80. The van der Waals surface area contributed by atoms with Crippen LogP contribution in [0.25, 0.3) is 22.0 Å². The van der Waals surface area contributed by atoms with Crippen LogP contribution in [0.5, 0.6) is 0 Å². The Bertz CT molecular complexity index is 1270. The molecule has 0 unspecified atom stereocenters. The number of ketones is 1. The molecule has 0 radical (unpaired) electrons. The number of likely N-dealkylation sites (tertiary alicyclic amines) is 1. The summed E-state index contributed by atoms with van der Waals surface area (Å²) in [6.07, 6.45) is 8.98. The molecule has 0 spiro atoms. The number of Topliss-reactive ketones (excluding diaryl/α,β-unsaturated/α-hetero) is 1. The molecule has 1 fully saturated rings. The highest BCUT2D eigenvalue weighted by Gasteiger charge is 2.23. The van der Waals surface area contributed by atoms with E-state index in [2.05, 4.69) is 30.3 Å². The lowest BCUT2D eigenvalue weighted by atomic mass is 10.1. The minimum absolute atomic E-state index is 0.0562. The zero-order chi connectivity index (χ0) is 22.8. The van der Waals surface area contributed by atoms with E-state index in [-0.39, 0.29) is 24.9 Å². The molecule has 10 heteroatoms. The molecular weight excluding hydrogens is 423 g/mol. The summed E-state index contributed by atoms with van der Waals surface area (Å²) in [5.41, 5.74) is 3.10. The van der Waals surface area contributed by atoms with Crippen molar-refractivity contribution in [1.82, 2.24) is 39.6 Å². The van der Waals surface area contributed by atoms with Gasteiger partial charge in [0.1, 0.15) is 18.2 Å².